The van der Waals surface area contributed by atoms with Crippen molar-refractivity contribution in [1.29, 1.82) is 0 Å². The summed E-state index contributed by atoms with van der Waals surface area (Å²) in [5.74, 6) is -0.0193. The molecule has 0 spiro atoms. The Labute approximate surface area is 109 Å². The molecule has 1 saturated heterocycles. The van der Waals surface area contributed by atoms with Crippen molar-refractivity contribution in [3.8, 4) is 0 Å². The highest BCUT2D eigenvalue weighted by atomic mass is 16.1. The van der Waals surface area contributed by atoms with E-state index in [4.69, 9.17) is 0 Å². The zero-order chi connectivity index (χ0) is 13.2. The summed E-state index contributed by atoms with van der Waals surface area (Å²) in [5, 5.41) is 2.67. The van der Waals surface area contributed by atoms with Gasteiger partial charge in [0.25, 0.3) is 5.91 Å². The van der Waals surface area contributed by atoms with E-state index < -0.39 is 0 Å². The first kappa shape index (κ1) is 12.9. The second-order valence-electron chi connectivity index (χ2n) is 5.78. The quantitative estimate of drug-likeness (QED) is 0.870. The van der Waals surface area contributed by atoms with Gasteiger partial charge < -0.3 is 10.2 Å². The molecular weight excluding hydrogens is 224 g/mol. The van der Waals surface area contributed by atoms with Gasteiger partial charge in [-0.25, -0.2) is 0 Å². The van der Waals surface area contributed by atoms with Gasteiger partial charge in [-0.3, -0.25) is 4.79 Å². The first-order chi connectivity index (χ1) is 8.52. The zero-order valence-corrected chi connectivity index (χ0v) is 11.5. The topological polar surface area (TPSA) is 32.3 Å². The van der Waals surface area contributed by atoms with Crippen LogP contribution in [-0.2, 0) is 0 Å². The van der Waals surface area contributed by atoms with Crippen molar-refractivity contribution >= 4 is 11.6 Å². The van der Waals surface area contributed by atoms with E-state index in [2.05, 4.69) is 30.1 Å². The van der Waals surface area contributed by atoms with Crippen molar-refractivity contribution in [2.45, 2.75) is 26.7 Å². The number of nitrogens with zero attached hydrogens (tertiary/aromatic N) is 1. The number of nitrogens with one attached hydrogen (secondary N) is 1. The van der Waals surface area contributed by atoms with Crippen molar-refractivity contribution in [1.82, 2.24) is 5.32 Å². The minimum absolute atomic E-state index is 0.0193. The minimum Gasteiger partial charge on any atom is -0.371 e. The average molecular weight is 246 g/mol. The maximum atomic E-state index is 11.6. The number of hydrogen-bond acceptors (Lipinski definition) is 2. The molecule has 1 heterocycles. The van der Waals surface area contributed by atoms with Crippen LogP contribution in [-0.4, -0.2) is 26.0 Å². The highest BCUT2D eigenvalue weighted by Crippen LogP contribution is 2.32. The van der Waals surface area contributed by atoms with Gasteiger partial charge >= 0.3 is 0 Å². The smallest absolute Gasteiger partial charge is 0.251 e. The molecule has 3 nitrogen and oxygen atoms in total. The lowest BCUT2D eigenvalue weighted by Gasteiger charge is -2.38. The maximum Gasteiger partial charge on any atom is 0.251 e. The van der Waals surface area contributed by atoms with Gasteiger partial charge in [0.05, 0.1) is 0 Å². The number of amides is 1. The number of hydrogen-bond donors (Lipinski definition) is 1. The van der Waals surface area contributed by atoms with Gasteiger partial charge in [-0.1, -0.05) is 19.9 Å². The van der Waals surface area contributed by atoms with Gasteiger partial charge in [-0.2, -0.15) is 0 Å². The summed E-state index contributed by atoms with van der Waals surface area (Å²) in [4.78, 5) is 14.0. The zero-order valence-electron chi connectivity index (χ0n) is 11.5. The Hall–Kier alpha value is -1.51. The number of piperidine rings is 1. The van der Waals surface area contributed by atoms with Crippen LogP contribution in [0, 0.1) is 5.41 Å². The maximum absolute atomic E-state index is 11.6. The van der Waals surface area contributed by atoms with E-state index in [0.29, 0.717) is 5.41 Å². The van der Waals surface area contributed by atoms with Crippen LogP contribution in [0.1, 0.15) is 37.0 Å². The molecule has 1 aromatic rings. The summed E-state index contributed by atoms with van der Waals surface area (Å²) in [5.41, 5.74) is 2.35. The van der Waals surface area contributed by atoms with Crippen LogP contribution in [0.15, 0.2) is 24.3 Å². The Morgan fingerprint density at radius 1 is 1.28 bits per heavy atom. The molecule has 1 aliphatic rings. The monoisotopic (exact) mass is 246 g/mol. The molecule has 0 saturated carbocycles. The molecule has 1 aromatic carbocycles. The third-order valence-electron chi connectivity index (χ3n) is 3.82. The largest absolute Gasteiger partial charge is 0.371 e. The first-order valence-corrected chi connectivity index (χ1v) is 6.59. The summed E-state index contributed by atoms with van der Waals surface area (Å²) in [6.07, 6.45) is 2.41. The van der Waals surface area contributed by atoms with Crippen molar-refractivity contribution in [3.05, 3.63) is 29.8 Å². The Kier molecular flexibility index (Phi) is 3.60. The second-order valence-corrected chi connectivity index (χ2v) is 5.78. The fourth-order valence-corrected chi connectivity index (χ4v) is 2.36. The molecule has 2 rings (SSSR count). The molecule has 0 aliphatic carbocycles. The van der Waals surface area contributed by atoms with Crippen LogP contribution >= 0.6 is 0 Å². The van der Waals surface area contributed by atoms with E-state index in [1.54, 1.807) is 7.05 Å². The van der Waals surface area contributed by atoms with Gasteiger partial charge in [0, 0.05) is 31.4 Å². The van der Waals surface area contributed by atoms with Crippen molar-refractivity contribution in [3.63, 3.8) is 0 Å². The Morgan fingerprint density at radius 2 is 1.94 bits per heavy atom. The number of rotatable bonds is 2. The van der Waals surface area contributed by atoms with Crippen LogP contribution in [0.25, 0.3) is 0 Å². The van der Waals surface area contributed by atoms with Crippen LogP contribution in [0.2, 0.25) is 0 Å². The van der Waals surface area contributed by atoms with Crippen LogP contribution in [0.5, 0.6) is 0 Å². The molecule has 18 heavy (non-hydrogen) atoms. The van der Waals surface area contributed by atoms with Crippen molar-refractivity contribution in [2.75, 3.05) is 25.0 Å². The molecule has 3 heteroatoms. The Balaban J connectivity index is 2.12. The fraction of sp³-hybridized carbons (Fsp3) is 0.533. The van der Waals surface area contributed by atoms with E-state index >= 15 is 0 Å². The molecule has 1 fully saturated rings. The lowest BCUT2D eigenvalue weighted by Crippen LogP contribution is -2.37. The predicted octanol–water partition coefficient (Wildman–Crippen LogP) is 2.67. The molecule has 0 unspecified atom stereocenters. The molecule has 1 aliphatic heterocycles. The van der Waals surface area contributed by atoms with E-state index in [-0.39, 0.29) is 5.91 Å². The SMILES string of the molecule is CNC(=O)c1cccc(N2CCC(C)(C)CC2)c1. The summed E-state index contributed by atoms with van der Waals surface area (Å²) in [7, 11) is 1.67. The first-order valence-electron chi connectivity index (χ1n) is 6.59. The van der Waals surface area contributed by atoms with E-state index in [9.17, 15) is 4.79 Å². The number of benzene rings is 1. The third kappa shape index (κ3) is 2.84. The lowest BCUT2D eigenvalue weighted by atomic mass is 9.82. The van der Waals surface area contributed by atoms with E-state index in [1.807, 2.05) is 18.2 Å². The second kappa shape index (κ2) is 5.01. The number of carbonyl (C=O) groups excluding carboxylic acids is 1. The molecule has 1 amide bonds. The summed E-state index contributed by atoms with van der Waals surface area (Å²) < 4.78 is 0. The molecule has 1 N–H and O–H groups in total. The van der Waals surface area contributed by atoms with E-state index in [1.165, 1.54) is 12.8 Å². The normalized spacial score (nSPS) is 18.5. The molecule has 0 radical (unpaired) electrons. The third-order valence-corrected chi connectivity index (χ3v) is 3.82. The summed E-state index contributed by atoms with van der Waals surface area (Å²) >= 11 is 0. The Bertz CT molecular complexity index is 430. The van der Waals surface area contributed by atoms with E-state index in [0.717, 1.165) is 24.3 Å². The van der Waals surface area contributed by atoms with Crippen LogP contribution < -0.4 is 10.2 Å². The highest BCUT2D eigenvalue weighted by molar-refractivity contribution is 5.94. The van der Waals surface area contributed by atoms with Crippen molar-refractivity contribution < 1.29 is 4.79 Å². The Morgan fingerprint density at radius 3 is 2.56 bits per heavy atom. The van der Waals surface area contributed by atoms with Gasteiger partial charge in [0.1, 0.15) is 0 Å². The van der Waals surface area contributed by atoms with Crippen LogP contribution in [0.3, 0.4) is 0 Å². The summed E-state index contributed by atoms with van der Waals surface area (Å²) in [6, 6.07) is 7.89. The molecule has 0 atom stereocenters. The van der Waals surface area contributed by atoms with Gasteiger partial charge in [0.15, 0.2) is 0 Å². The van der Waals surface area contributed by atoms with Crippen LogP contribution in [0.4, 0.5) is 5.69 Å². The fourth-order valence-electron chi connectivity index (χ4n) is 2.36. The average Bonchev–Trinajstić information content (AvgIpc) is 2.38. The number of anilines is 1. The minimum atomic E-state index is -0.0193. The number of carbonyl (C=O) groups is 1. The summed E-state index contributed by atoms with van der Waals surface area (Å²) in [6.45, 7) is 6.80. The predicted molar refractivity (Wildman–Crippen MR) is 75.1 cm³/mol. The molecule has 0 bridgehead atoms. The lowest BCUT2D eigenvalue weighted by molar-refractivity contribution is 0.0963. The molecule has 0 aromatic heterocycles. The van der Waals surface area contributed by atoms with Gasteiger partial charge in [-0.15, -0.1) is 0 Å². The van der Waals surface area contributed by atoms with Crippen molar-refractivity contribution in [2.24, 2.45) is 5.41 Å². The molecular formula is C15H22N2O. The molecule has 98 valence electrons. The van der Waals surface area contributed by atoms with Gasteiger partial charge in [0.2, 0.25) is 0 Å². The van der Waals surface area contributed by atoms with Gasteiger partial charge in [-0.05, 0) is 36.5 Å². The standard InChI is InChI=1S/C15H22N2O/c1-15(2)7-9-17(10-8-15)13-6-4-5-12(11-13)14(18)16-3/h4-6,11H,7-10H2,1-3H3,(H,16,18). The highest BCUT2D eigenvalue weighted by Gasteiger charge is 2.25.